The molecule has 83 heavy (non-hydrogen) atoms. The summed E-state index contributed by atoms with van der Waals surface area (Å²) in [6, 6.07) is 0. The summed E-state index contributed by atoms with van der Waals surface area (Å²) in [5.74, 6) is -0.878. The zero-order chi connectivity index (χ0) is 59.9. The predicted molar refractivity (Wildman–Crippen MR) is 362 cm³/mol. The van der Waals surface area contributed by atoms with Crippen LogP contribution in [0.1, 0.15) is 342 Å². The first-order valence-corrected chi connectivity index (χ1v) is 35.4. The SMILES string of the molecule is CC/C=C\C/C=C\C/C=C\C/C=C\C/C=C\C/C=C\C/C=C\CCCCCCCCCCCC(=O)OCC(COC(=O)CCCCCCCCC)OC(=O)CCCCCCCCCCCCCCCCC/C=C\C/C=C\CCCCCCC. The second-order valence-electron chi connectivity index (χ2n) is 23.4. The highest BCUT2D eigenvalue weighted by Crippen LogP contribution is 2.17. The Bertz CT molecular complexity index is 1660. The van der Waals surface area contributed by atoms with Crippen LogP contribution < -0.4 is 0 Å². The molecule has 0 radical (unpaired) electrons. The third-order valence-corrected chi connectivity index (χ3v) is 15.3. The van der Waals surface area contributed by atoms with Crippen LogP contribution in [-0.2, 0) is 28.6 Å². The molecule has 0 amide bonds. The molecule has 0 fully saturated rings. The highest BCUT2D eigenvalue weighted by atomic mass is 16.6. The van der Waals surface area contributed by atoms with Crippen molar-refractivity contribution >= 4 is 17.9 Å². The molecule has 0 heterocycles. The number of rotatable bonds is 64. The number of carbonyl (C=O) groups is 3. The zero-order valence-corrected chi connectivity index (χ0v) is 54.7. The number of unbranched alkanes of at least 4 members (excludes halogenated alkanes) is 35. The smallest absolute Gasteiger partial charge is 0.306 e. The van der Waals surface area contributed by atoms with E-state index in [1.54, 1.807) is 0 Å². The van der Waals surface area contributed by atoms with Gasteiger partial charge in [0.25, 0.3) is 0 Å². The van der Waals surface area contributed by atoms with Crippen LogP contribution in [0.15, 0.2) is 109 Å². The van der Waals surface area contributed by atoms with Crippen LogP contribution >= 0.6 is 0 Å². The molecule has 476 valence electrons. The fourth-order valence-corrected chi connectivity index (χ4v) is 9.99. The Morgan fingerprint density at radius 3 is 0.735 bits per heavy atom. The van der Waals surface area contributed by atoms with Crippen LogP contribution in [-0.4, -0.2) is 37.2 Å². The van der Waals surface area contributed by atoms with E-state index in [-0.39, 0.29) is 31.1 Å². The summed E-state index contributed by atoms with van der Waals surface area (Å²) in [6.45, 7) is 6.50. The summed E-state index contributed by atoms with van der Waals surface area (Å²) in [5.41, 5.74) is 0. The third-order valence-electron chi connectivity index (χ3n) is 15.3. The number of carbonyl (C=O) groups excluding carboxylic acids is 3. The molecule has 0 saturated carbocycles. The number of ether oxygens (including phenoxy) is 3. The molecular formula is C77H132O6. The molecule has 6 nitrogen and oxygen atoms in total. The Hall–Kier alpha value is -3.93. The minimum atomic E-state index is -0.779. The standard InChI is InChI=1S/C77H132O6/c1-4-7-10-13-16-18-20-22-24-26-28-30-32-34-36-37-38-39-41-42-44-46-48-50-52-54-56-58-61-64-67-70-76(79)82-73-74(72-81-75(78)69-66-63-60-15-12-9-6-3)83-77(80)71-68-65-62-59-57-55-53-51-49-47-45-43-40-35-33-31-29-27-25-23-21-19-17-14-11-8-5-2/h7,10,16,18,21-24,27-30,34,36,38-39,42,44,74H,4-6,8-9,11-15,17,19-20,25-26,31-33,35,37,40-41,43,45-73H2,1-3H3/b10-7-,18-16-,23-21-,24-22-,29-27-,30-28-,36-34-,39-38-,44-42-. The van der Waals surface area contributed by atoms with E-state index in [9.17, 15) is 14.4 Å². The van der Waals surface area contributed by atoms with Gasteiger partial charge in [-0.2, -0.15) is 0 Å². The lowest BCUT2D eigenvalue weighted by Gasteiger charge is -2.18. The van der Waals surface area contributed by atoms with E-state index in [0.717, 1.165) is 116 Å². The lowest BCUT2D eigenvalue weighted by molar-refractivity contribution is -0.167. The molecule has 1 atom stereocenters. The number of esters is 3. The molecule has 0 rings (SSSR count). The van der Waals surface area contributed by atoms with Gasteiger partial charge in [-0.3, -0.25) is 14.4 Å². The van der Waals surface area contributed by atoms with Gasteiger partial charge in [0.05, 0.1) is 0 Å². The van der Waals surface area contributed by atoms with E-state index in [0.29, 0.717) is 19.3 Å². The summed E-state index contributed by atoms with van der Waals surface area (Å²) >= 11 is 0. The Labute approximate surface area is 514 Å². The average Bonchev–Trinajstić information content (AvgIpc) is 3.50. The molecule has 0 spiro atoms. The molecule has 0 aromatic carbocycles. The molecular weight excluding hydrogens is 1020 g/mol. The van der Waals surface area contributed by atoms with Gasteiger partial charge in [-0.15, -0.1) is 0 Å². The molecule has 6 heteroatoms. The highest BCUT2D eigenvalue weighted by molar-refractivity contribution is 5.71. The van der Waals surface area contributed by atoms with Gasteiger partial charge in [-0.25, -0.2) is 0 Å². The Morgan fingerprint density at radius 1 is 0.253 bits per heavy atom. The number of hydrogen-bond donors (Lipinski definition) is 0. The maximum Gasteiger partial charge on any atom is 0.306 e. The maximum atomic E-state index is 12.9. The normalized spacial score (nSPS) is 12.8. The van der Waals surface area contributed by atoms with Crippen molar-refractivity contribution in [3.8, 4) is 0 Å². The molecule has 0 N–H and O–H groups in total. The van der Waals surface area contributed by atoms with Crippen LogP contribution in [0.4, 0.5) is 0 Å². The van der Waals surface area contributed by atoms with Crippen molar-refractivity contribution < 1.29 is 28.6 Å². The van der Waals surface area contributed by atoms with Crippen molar-refractivity contribution in [2.75, 3.05) is 13.2 Å². The molecule has 0 saturated heterocycles. The predicted octanol–water partition coefficient (Wildman–Crippen LogP) is 24.6. The van der Waals surface area contributed by atoms with E-state index in [1.165, 1.54) is 186 Å². The van der Waals surface area contributed by atoms with Gasteiger partial charge in [-0.1, -0.05) is 323 Å². The Balaban J connectivity index is 4.10. The minimum absolute atomic E-state index is 0.0773. The molecule has 0 aliphatic carbocycles. The van der Waals surface area contributed by atoms with Crippen LogP contribution in [0.5, 0.6) is 0 Å². The largest absolute Gasteiger partial charge is 0.462 e. The second-order valence-corrected chi connectivity index (χ2v) is 23.4. The zero-order valence-electron chi connectivity index (χ0n) is 54.7. The van der Waals surface area contributed by atoms with E-state index in [4.69, 9.17) is 14.2 Å². The first kappa shape index (κ1) is 79.1. The van der Waals surface area contributed by atoms with Crippen molar-refractivity contribution in [3.63, 3.8) is 0 Å². The molecule has 0 aromatic heterocycles. The molecule has 0 aliphatic rings. The average molecular weight is 1150 g/mol. The first-order chi connectivity index (χ1) is 41.0. The van der Waals surface area contributed by atoms with Crippen LogP contribution in [0, 0.1) is 0 Å². The summed E-state index contributed by atoms with van der Waals surface area (Å²) in [6.07, 6.45) is 97.1. The third kappa shape index (κ3) is 68.7. The molecule has 1 unspecified atom stereocenters. The number of hydrogen-bond acceptors (Lipinski definition) is 6. The van der Waals surface area contributed by atoms with Gasteiger partial charge in [-0.05, 0) is 109 Å². The van der Waals surface area contributed by atoms with Crippen molar-refractivity contribution in [1.29, 1.82) is 0 Å². The Kier molecular flexibility index (Phi) is 67.2. The fourth-order valence-electron chi connectivity index (χ4n) is 9.99. The lowest BCUT2D eigenvalue weighted by Crippen LogP contribution is -2.30. The van der Waals surface area contributed by atoms with Crippen LogP contribution in [0.25, 0.3) is 0 Å². The van der Waals surface area contributed by atoms with Gasteiger partial charge < -0.3 is 14.2 Å². The van der Waals surface area contributed by atoms with Gasteiger partial charge in [0, 0.05) is 19.3 Å². The first-order valence-electron chi connectivity index (χ1n) is 35.4. The van der Waals surface area contributed by atoms with E-state index in [2.05, 4.69) is 130 Å². The van der Waals surface area contributed by atoms with Crippen molar-refractivity contribution in [2.45, 2.75) is 348 Å². The summed E-state index contributed by atoms with van der Waals surface area (Å²) in [5, 5.41) is 0. The topological polar surface area (TPSA) is 78.9 Å². The summed E-state index contributed by atoms with van der Waals surface area (Å²) in [4.78, 5) is 38.2. The summed E-state index contributed by atoms with van der Waals surface area (Å²) < 4.78 is 16.9. The maximum absolute atomic E-state index is 12.9. The quantitative estimate of drug-likeness (QED) is 0.0261. The van der Waals surface area contributed by atoms with Gasteiger partial charge >= 0.3 is 17.9 Å². The van der Waals surface area contributed by atoms with Gasteiger partial charge in [0.1, 0.15) is 13.2 Å². The molecule has 0 bridgehead atoms. The fraction of sp³-hybridized carbons (Fsp3) is 0.727. The van der Waals surface area contributed by atoms with E-state index >= 15 is 0 Å². The molecule has 0 aliphatic heterocycles. The second kappa shape index (κ2) is 70.6. The van der Waals surface area contributed by atoms with Crippen molar-refractivity contribution in [2.24, 2.45) is 0 Å². The van der Waals surface area contributed by atoms with Crippen molar-refractivity contribution in [1.82, 2.24) is 0 Å². The molecule has 0 aromatic rings. The van der Waals surface area contributed by atoms with E-state index < -0.39 is 6.10 Å². The van der Waals surface area contributed by atoms with Crippen molar-refractivity contribution in [3.05, 3.63) is 109 Å². The Morgan fingerprint density at radius 2 is 0.470 bits per heavy atom. The van der Waals surface area contributed by atoms with Crippen LogP contribution in [0.3, 0.4) is 0 Å². The summed E-state index contributed by atoms with van der Waals surface area (Å²) in [7, 11) is 0. The highest BCUT2D eigenvalue weighted by Gasteiger charge is 2.19. The monoisotopic (exact) mass is 1150 g/mol. The lowest BCUT2D eigenvalue weighted by atomic mass is 10.0. The van der Waals surface area contributed by atoms with E-state index in [1.807, 2.05) is 0 Å². The van der Waals surface area contributed by atoms with Gasteiger partial charge in [0.2, 0.25) is 0 Å². The number of allylic oxidation sites excluding steroid dienone is 18. The van der Waals surface area contributed by atoms with Gasteiger partial charge in [0.15, 0.2) is 6.10 Å². The minimum Gasteiger partial charge on any atom is -0.462 e. The van der Waals surface area contributed by atoms with Crippen LogP contribution in [0.2, 0.25) is 0 Å².